The monoisotopic (exact) mass is 251 g/mol. The van der Waals surface area contributed by atoms with Gasteiger partial charge in [0.05, 0.1) is 25.8 Å². The largest absolute Gasteiger partial charge is 0.378 e. The number of ether oxygens (including phenoxy) is 1. The van der Waals surface area contributed by atoms with Crippen LogP contribution in [0.4, 0.5) is 0 Å². The highest BCUT2D eigenvalue weighted by molar-refractivity contribution is 5.77. The Morgan fingerprint density at radius 2 is 2.33 bits per heavy atom. The fourth-order valence-electron chi connectivity index (χ4n) is 2.24. The summed E-state index contributed by atoms with van der Waals surface area (Å²) in [6.45, 7) is 2.60. The Morgan fingerprint density at radius 3 is 2.94 bits per heavy atom. The van der Waals surface area contributed by atoms with Crippen LogP contribution in [0, 0.1) is 0 Å². The van der Waals surface area contributed by atoms with Crippen LogP contribution in [-0.2, 0) is 16.6 Å². The van der Waals surface area contributed by atoms with E-state index >= 15 is 0 Å². The number of carbonyl (C=O) groups is 1. The van der Waals surface area contributed by atoms with Crippen molar-refractivity contribution in [1.82, 2.24) is 14.4 Å². The van der Waals surface area contributed by atoms with Crippen molar-refractivity contribution in [2.45, 2.75) is 6.04 Å². The van der Waals surface area contributed by atoms with Crippen LogP contribution >= 0.6 is 0 Å². The van der Waals surface area contributed by atoms with Crippen LogP contribution in [0.3, 0.4) is 0 Å². The Labute approximate surface area is 108 Å². The first-order valence-corrected chi connectivity index (χ1v) is 6.23. The van der Waals surface area contributed by atoms with Crippen LogP contribution in [0.25, 0.3) is 0 Å². The molecule has 0 saturated carbocycles. The van der Waals surface area contributed by atoms with Crippen molar-refractivity contribution >= 4 is 5.91 Å². The zero-order valence-corrected chi connectivity index (χ0v) is 11.3. The maximum Gasteiger partial charge on any atom is 0.236 e. The van der Waals surface area contributed by atoms with Crippen LogP contribution in [0.5, 0.6) is 0 Å². The molecule has 5 heteroatoms. The molecule has 1 aromatic rings. The number of hydrogen-bond acceptors (Lipinski definition) is 3. The minimum absolute atomic E-state index is 0.135. The molecule has 2 rings (SSSR count). The SMILES string of the molecule is CN(C)C(=O)CN1CCOC[C@@H]1c1cccn1C. The van der Waals surface area contributed by atoms with Gasteiger partial charge in [-0.2, -0.15) is 0 Å². The molecule has 5 nitrogen and oxygen atoms in total. The number of carbonyl (C=O) groups excluding carboxylic acids is 1. The molecule has 0 aromatic carbocycles. The zero-order chi connectivity index (χ0) is 13.1. The van der Waals surface area contributed by atoms with Gasteiger partial charge in [-0.05, 0) is 12.1 Å². The number of likely N-dealkylation sites (N-methyl/N-ethyl adjacent to an activating group) is 1. The molecule has 1 fully saturated rings. The van der Waals surface area contributed by atoms with Gasteiger partial charge in [0, 0.05) is 39.6 Å². The highest BCUT2D eigenvalue weighted by Crippen LogP contribution is 2.23. The van der Waals surface area contributed by atoms with Gasteiger partial charge in [-0.3, -0.25) is 9.69 Å². The number of rotatable bonds is 3. The molecule has 18 heavy (non-hydrogen) atoms. The molecule has 1 aliphatic heterocycles. The van der Waals surface area contributed by atoms with E-state index in [1.807, 2.05) is 19.3 Å². The van der Waals surface area contributed by atoms with E-state index in [0.717, 1.165) is 6.54 Å². The summed E-state index contributed by atoms with van der Waals surface area (Å²) in [5, 5.41) is 0. The third-order valence-corrected chi connectivity index (χ3v) is 3.40. The molecule has 1 saturated heterocycles. The normalized spacial score (nSPS) is 20.9. The Morgan fingerprint density at radius 1 is 1.56 bits per heavy atom. The number of aromatic nitrogens is 1. The first kappa shape index (κ1) is 13.1. The molecule has 0 N–H and O–H groups in total. The lowest BCUT2D eigenvalue weighted by atomic mass is 10.1. The number of amides is 1. The van der Waals surface area contributed by atoms with Crippen molar-refractivity contribution in [2.24, 2.45) is 7.05 Å². The third-order valence-electron chi connectivity index (χ3n) is 3.40. The van der Waals surface area contributed by atoms with Gasteiger partial charge < -0.3 is 14.2 Å². The Kier molecular flexibility index (Phi) is 4.04. The number of hydrogen-bond donors (Lipinski definition) is 0. The van der Waals surface area contributed by atoms with Crippen LogP contribution in [0.2, 0.25) is 0 Å². The summed E-state index contributed by atoms with van der Waals surface area (Å²) in [6, 6.07) is 4.28. The molecule has 1 aliphatic rings. The Hall–Kier alpha value is -1.33. The summed E-state index contributed by atoms with van der Waals surface area (Å²) < 4.78 is 7.64. The van der Waals surface area contributed by atoms with E-state index in [-0.39, 0.29) is 11.9 Å². The fraction of sp³-hybridized carbons (Fsp3) is 0.615. The van der Waals surface area contributed by atoms with E-state index < -0.39 is 0 Å². The molecular formula is C13H21N3O2. The van der Waals surface area contributed by atoms with E-state index in [2.05, 4.69) is 15.5 Å². The van der Waals surface area contributed by atoms with Crippen molar-refractivity contribution in [3.05, 3.63) is 24.0 Å². The highest BCUT2D eigenvalue weighted by Gasteiger charge is 2.28. The van der Waals surface area contributed by atoms with Gasteiger partial charge in [0.25, 0.3) is 0 Å². The molecule has 0 bridgehead atoms. The van der Waals surface area contributed by atoms with E-state index in [4.69, 9.17) is 4.74 Å². The predicted octanol–water partition coefficient (Wildman–Crippen LogP) is 0.487. The summed E-state index contributed by atoms with van der Waals surface area (Å²) in [5.74, 6) is 0.135. The lowest BCUT2D eigenvalue weighted by Gasteiger charge is -2.35. The van der Waals surface area contributed by atoms with Gasteiger partial charge >= 0.3 is 0 Å². The maximum absolute atomic E-state index is 11.8. The summed E-state index contributed by atoms with van der Waals surface area (Å²) in [4.78, 5) is 15.7. The van der Waals surface area contributed by atoms with Crippen molar-refractivity contribution < 1.29 is 9.53 Å². The van der Waals surface area contributed by atoms with Crippen LogP contribution in [0.15, 0.2) is 18.3 Å². The Bertz CT molecular complexity index is 414. The molecule has 1 aromatic heterocycles. The van der Waals surface area contributed by atoms with Crippen LogP contribution < -0.4 is 0 Å². The van der Waals surface area contributed by atoms with Crippen molar-refractivity contribution in [1.29, 1.82) is 0 Å². The average Bonchev–Trinajstić information content (AvgIpc) is 2.76. The van der Waals surface area contributed by atoms with E-state index in [0.29, 0.717) is 19.8 Å². The van der Waals surface area contributed by atoms with E-state index in [1.54, 1.807) is 19.0 Å². The van der Waals surface area contributed by atoms with Gasteiger partial charge in [-0.1, -0.05) is 0 Å². The summed E-state index contributed by atoms with van der Waals surface area (Å²) in [5.41, 5.74) is 1.20. The smallest absolute Gasteiger partial charge is 0.236 e. The van der Waals surface area contributed by atoms with Crippen molar-refractivity contribution in [2.75, 3.05) is 40.4 Å². The molecule has 0 spiro atoms. The molecule has 1 amide bonds. The molecule has 0 unspecified atom stereocenters. The molecule has 0 aliphatic carbocycles. The topological polar surface area (TPSA) is 37.7 Å². The predicted molar refractivity (Wildman–Crippen MR) is 69.2 cm³/mol. The van der Waals surface area contributed by atoms with Gasteiger partial charge in [0.15, 0.2) is 0 Å². The van der Waals surface area contributed by atoms with Gasteiger partial charge in [0.1, 0.15) is 0 Å². The molecule has 100 valence electrons. The standard InChI is InChI=1S/C13H21N3O2/c1-14(2)13(17)9-16-7-8-18-10-12(16)11-5-4-6-15(11)3/h4-6,12H,7-10H2,1-3H3/t12-/m1/s1. The van der Waals surface area contributed by atoms with Gasteiger partial charge in [-0.25, -0.2) is 0 Å². The first-order chi connectivity index (χ1) is 8.59. The molecule has 2 heterocycles. The van der Waals surface area contributed by atoms with Crippen LogP contribution in [0.1, 0.15) is 11.7 Å². The highest BCUT2D eigenvalue weighted by atomic mass is 16.5. The van der Waals surface area contributed by atoms with E-state index in [1.165, 1.54) is 5.69 Å². The summed E-state index contributed by atoms with van der Waals surface area (Å²) >= 11 is 0. The second-order valence-electron chi connectivity index (χ2n) is 4.89. The number of morpholine rings is 1. The molecule has 0 radical (unpaired) electrons. The lowest BCUT2D eigenvalue weighted by molar-refractivity contribution is -0.132. The van der Waals surface area contributed by atoms with E-state index in [9.17, 15) is 4.79 Å². The minimum atomic E-state index is 0.135. The molecule has 1 atom stereocenters. The summed E-state index contributed by atoms with van der Waals surface area (Å²) in [6.07, 6.45) is 2.02. The zero-order valence-electron chi connectivity index (χ0n) is 11.3. The second-order valence-corrected chi connectivity index (χ2v) is 4.89. The maximum atomic E-state index is 11.8. The lowest BCUT2D eigenvalue weighted by Crippen LogP contribution is -2.45. The van der Waals surface area contributed by atoms with Gasteiger partial charge in [-0.15, -0.1) is 0 Å². The first-order valence-electron chi connectivity index (χ1n) is 6.23. The summed E-state index contributed by atoms with van der Waals surface area (Å²) in [7, 11) is 5.61. The quantitative estimate of drug-likeness (QED) is 0.784. The number of aryl methyl sites for hydroxylation is 1. The third kappa shape index (κ3) is 2.73. The second kappa shape index (κ2) is 5.54. The number of nitrogens with zero attached hydrogens (tertiary/aromatic N) is 3. The fourth-order valence-corrected chi connectivity index (χ4v) is 2.24. The van der Waals surface area contributed by atoms with Crippen molar-refractivity contribution in [3.8, 4) is 0 Å². The van der Waals surface area contributed by atoms with Crippen LogP contribution in [-0.4, -0.2) is 60.7 Å². The van der Waals surface area contributed by atoms with Crippen molar-refractivity contribution in [3.63, 3.8) is 0 Å². The van der Waals surface area contributed by atoms with Gasteiger partial charge in [0.2, 0.25) is 5.91 Å². The molecular weight excluding hydrogens is 230 g/mol. The average molecular weight is 251 g/mol. The minimum Gasteiger partial charge on any atom is -0.378 e. The Balaban J connectivity index is 2.11.